The Morgan fingerprint density at radius 2 is 1.00 bits per heavy atom. The van der Waals surface area contributed by atoms with Crippen LogP contribution in [0, 0.1) is 0 Å². The number of nitrogens with zero attached hydrogens (tertiary/aromatic N) is 1. The van der Waals surface area contributed by atoms with E-state index in [4.69, 9.17) is 0 Å². The standard InChI is InChI=1S/C49H32NOPS/c51-52(35-14-3-1-4-15-35,36-16-5-2-6-17-36)37-29-26-33(27-30-37)34-28-31-47-43(32-34)49(41-21-9-12-25-46(41)53-47)40-20-8-11-24-45(40)50-44-23-10-7-18-38(44)39-19-13-22-42(49)48(39)50/h1-32H. The van der Waals surface area contributed by atoms with Gasteiger partial charge in [-0.25, -0.2) is 0 Å². The molecule has 250 valence electrons. The average molecular weight is 714 g/mol. The van der Waals surface area contributed by atoms with Crippen LogP contribution >= 0.6 is 18.9 Å². The minimum atomic E-state index is -3.08. The van der Waals surface area contributed by atoms with Gasteiger partial charge in [-0.05, 0) is 63.7 Å². The largest absolute Gasteiger partial charge is 0.309 e. The van der Waals surface area contributed by atoms with E-state index < -0.39 is 12.6 Å². The zero-order valence-electron chi connectivity index (χ0n) is 28.7. The van der Waals surface area contributed by atoms with Crippen LogP contribution in [0.5, 0.6) is 0 Å². The molecule has 4 heteroatoms. The first-order valence-electron chi connectivity index (χ1n) is 18.0. The third kappa shape index (κ3) is 4.21. The summed E-state index contributed by atoms with van der Waals surface area (Å²) in [6.07, 6.45) is 0. The molecular weight excluding hydrogens is 682 g/mol. The van der Waals surface area contributed by atoms with Gasteiger partial charge >= 0.3 is 0 Å². The molecule has 0 saturated carbocycles. The second-order valence-corrected chi connectivity index (χ2v) is 17.8. The molecule has 11 rings (SSSR count). The molecule has 1 spiro atoms. The first-order valence-corrected chi connectivity index (χ1v) is 20.6. The lowest BCUT2D eigenvalue weighted by Gasteiger charge is -2.45. The van der Waals surface area contributed by atoms with Crippen LogP contribution in [-0.2, 0) is 9.98 Å². The van der Waals surface area contributed by atoms with Gasteiger partial charge in [0.1, 0.15) is 0 Å². The van der Waals surface area contributed by atoms with Crippen molar-refractivity contribution in [2.45, 2.75) is 15.2 Å². The molecule has 0 N–H and O–H groups in total. The first-order chi connectivity index (χ1) is 26.2. The van der Waals surface area contributed by atoms with E-state index >= 15 is 4.57 Å². The normalized spacial score (nSPS) is 15.6. The van der Waals surface area contributed by atoms with Crippen molar-refractivity contribution >= 4 is 56.6 Å². The number of hydrogen-bond acceptors (Lipinski definition) is 2. The van der Waals surface area contributed by atoms with Gasteiger partial charge in [-0.2, -0.15) is 0 Å². The summed E-state index contributed by atoms with van der Waals surface area (Å²) in [5.74, 6) is 0. The molecule has 1 unspecified atom stereocenters. The van der Waals surface area contributed by atoms with E-state index in [1.54, 1.807) is 0 Å². The van der Waals surface area contributed by atoms with Crippen LogP contribution in [0.15, 0.2) is 204 Å². The van der Waals surface area contributed by atoms with Crippen LogP contribution in [-0.4, -0.2) is 4.57 Å². The maximum Gasteiger partial charge on any atom is 0.171 e. The topological polar surface area (TPSA) is 22.0 Å². The third-order valence-corrected chi connectivity index (χ3v) is 15.6. The lowest BCUT2D eigenvalue weighted by molar-refractivity contribution is 0.592. The predicted molar refractivity (Wildman–Crippen MR) is 222 cm³/mol. The van der Waals surface area contributed by atoms with E-state index in [1.807, 2.05) is 72.4 Å². The maximum absolute atomic E-state index is 15.1. The molecule has 8 aromatic carbocycles. The zero-order chi connectivity index (χ0) is 35.1. The van der Waals surface area contributed by atoms with Crippen molar-refractivity contribution in [2.24, 2.45) is 0 Å². The zero-order valence-corrected chi connectivity index (χ0v) is 30.4. The summed E-state index contributed by atoms with van der Waals surface area (Å²) in [7, 11) is -3.08. The number of aromatic nitrogens is 1. The van der Waals surface area contributed by atoms with E-state index in [1.165, 1.54) is 59.5 Å². The monoisotopic (exact) mass is 713 g/mol. The van der Waals surface area contributed by atoms with Gasteiger partial charge in [-0.15, -0.1) is 0 Å². The van der Waals surface area contributed by atoms with Crippen LogP contribution in [0.1, 0.15) is 22.3 Å². The average Bonchev–Trinajstić information content (AvgIpc) is 3.58. The molecule has 2 aliphatic rings. The van der Waals surface area contributed by atoms with Crippen LogP contribution in [0.25, 0.3) is 38.6 Å². The maximum atomic E-state index is 15.1. The molecule has 9 aromatic rings. The lowest BCUT2D eigenvalue weighted by atomic mass is 9.62. The van der Waals surface area contributed by atoms with Crippen molar-refractivity contribution < 1.29 is 4.57 Å². The van der Waals surface area contributed by atoms with Gasteiger partial charge in [-0.1, -0.05) is 176 Å². The predicted octanol–water partition coefficient (Wildman–Crippen LogP) is 11.3. The molecule has 0 radical (unpaired) electrons. The van der Waals surface area contributed by atoms with Crippen LogP contribution in [0.3, 0.4) is 0 Å². The Morgan fingerprint density at radius 3 is 1.77 bits per heavy atom. The molecule has 0 bridgehead atoms. The highest BCUT2D eigenvalue weighted by molar-refractivity contribution is 7.99. The highest BCUT2D eigenvalue weighted by atomic mass is 32.2. The summed E-state index contributed by atoms with van der Waals surface area (Å²) in [5, 5.41) is 5.06. The Kier molecular flexibility index (Phi) is 6.71. The quantitative estimate of drug-likeness (QED) is 0.169. The van der Waals surface area contributed by atoms with Gasteiger partial charge in [0, 0.05) is 36.5 Å². The van der Waals surface area contributed by atoms with Crippen LogP contribution in [0.4, 0.5) is 0 Å². The number of benzene rings is 8. The molecule has 1 aromatic heterocycles. The van der Waals surface area contributed by atoms with Crippen molar-refractivity contribution in [3.63, 3.8) is 0 Å². The molecule has 0 amide bonds. The van der Waals surface area contributed by atoms with Crippen molar-refractivity contribution in [3.8, 4) is 16.8 Å². The Labute approximate surface area is 312 Å². The number of para-hydroxylation sites is 3. The van der Waals surface area contributed by atoms with Crippen molar-refractivity contribution in [3.05, 3.63) is 216 Å². The third-order valence-electron chi connectivity index (χ3n) is 11.3. The van der Waals surface area contributed by atoms with Gasteiger partial charge < -0.3 is 9.13 Å². The number of rotatable bonds is 4. The van der Waals surface area contributed by atoms with Crippen molar-refractivity contribution in [2.75, 3.05) is 0 Å². The van der Waals surface area contributed by atoms with E-state index in [0.717, 1.165) is 27.0 Å². The Morgan fingerprint density at radius 1 is 0.434 bits per heavy atom. The van der Waals surface area contributed by atoms with Crippen molar-refractivity contribution in [1.29, 1.82) is 0 Å². The van der Waals surface area contributed by atoms with E-state index in [-0.39, 0.29) is 0 Å². The van der Waals surface area contributed by atoms with Crippen LogP contribution in [0.2, 0.25) is 0 Å². The Balaban J connectivity index is 1.15. The molecule has 3 heterocycles. The molecule has 0 saturated heterocycles. The molecule has 2 nitrogen and oxygen atoms in total. The van der Waals surface area contributed by atoms with E-state index in [0.29, 0.717) is 0 Å². The summed E-state index contributed by atoms with van der Waals surface area (Å²) >= 11 is 1.86. The Hall–Kier alpha value is -5.86. The molecule has 53 heavy (non-hydrogen) atoms. The minimum absolute atomic E-state index is 0.538. The van der Waals surface area contributed by atoms with Crippen LogP contribution < -0.4 is 15.9 Å². The second-order valence-electron chi connectivity index (χ2n) is 14.0. The highest BCUT2D eigenvalue weighted by Gasteiger charge is 2.49. The lowest BCUT2D eigenvalue weighted by Crippen LogP contribution is -2.37. The van der Waals surface area contributed by atoms with E-state index in [9.17, 15) is 0 Å². The summed E-state index contributed by atoms with van der Waals surface area (Å²) in [6.45, 7) is 0. The van der Waals surface area contributed by atoms with Gasteiger partial charge in [0.2, 0.25) is 0 Å². The number of fused-ring (bicyclic) bond motifs is 11. The second kappa shape index (κ2) is 11.6. The minimum Gasteiger partial charge on any atom is -0.309 e. The summed E-state index contributed by atoms with van der Waals surface area (Å²) in [4.78, 5) is 2.55. The molecule has 1 atom stereocenters. The van der Waals surface area contributed by atoms with Gasteiger partial charge in [0.15, 0.2) is 7.14 Å². The summed E-state index contributed by atoms with van der Waals surface area (Å²) in [5.41, 5.74) is 10.6. The fourth-order valence-electron chi connectivity index (χ4n) is 9.09. The summed E-state index contributed by atoms with van der Waals surface area (Å²) < 4.78 is 17.6. The smallest absolute Gasteiger partial charge is 0.171 e. The molecule has 2 aliphatic heterocycles. The SMILES string of the molecule is O=P(c1ccccc1)(c1ccccc1)c1ccc(-c2ccc3c(c2)C2(c4ccccc4S3)c3ccccc3-n3c4ccccc4c4cccc2c43)cc1. The van der Waals surface area contributed by atoms with Crippen molar-refractivity contribution in [1.82, 2.24) is 4.57 Å². The summed E-state index contributed by atoms with van der Waals surface area (Å²) in [6, 6.07) is 68.9. The van der Waals surface area contributed by atoms with E-state index in [2.05, 4.69) is 138 Å². The molecule has 0 aliphatic carbocycles. The molecule has 0 fully saturated rings. The fraction of sp³-hybridized carbons (Fsp3) is 0.0204. The van der Waals surface area contributed by atoms with Gasteiger partial charge in [0.05, 0.1) is 22.1 Å². The van der Waals surface area contributed by atoms with Gasteiger partial charge in [-0.3, -0.25) is 0 Å². The fourth-order valence-corrected chi connectivity index (χ4v) is 12.9. The number of hydrogen-bond donors (Lipinski definition) is 0. The Bertz CT molecular complexity index is 2910. The first kappa shape index (κ1) is 30.7. The molecular formula is C49H32NOPS. The highest BCUT2D eigenvalue weighted by Crippen LogP contribution is 2.60. The van der Waals surface area contributed by atoms with Gasteiger partial charge in [0.25, 0.3) is 0 Å².